The number of aromatic nitrogens is 1. The highest BCUT2D eigenvalue weighted by Gasteiger charge is 2.22. The third-order valence-corrected chi connectivity index (χ3v) is 4.58. The molecule has 0 bridgehead atoms. The van der Waals surface area contributed by atoms with Gasteiger partial charge < -0.3 is 10.2 Å². The zero-order valence-electron chi connectivity index (χ0n) is 12.7. The molecule has 0 unspecified atom stereocenters. The predicted molar refractivity (Wildman–Crippen MR) is 89.2 cm³/mol. The molecule has 2 aliphatic rings. The molecule has 1 aliphatic heterocycles. The Bertz CT molecular complexity index is 655. The fourth-order valence-corrected chi connectivity index (χ4v) is 3.30. The zero-order valence-corrected chi connectivity index (χ0v) is 12.7. The van der Waals surface area contributed by atoms with Crippen molar-refractivity contribution in [2.75, 3.05) is 23.3 Å². The average Bonchev–Trinajstić information content (AvgIpc) is 3.32. The van der Waals surface area contributed by atoms with Gasteiger partial charge in [0.15, 0.2) is 0 Å². The van der Waals surface area contributed by atoms with Crippen molar-refractivity contribution in [2.24, 2.45) is 0 Å². The maximum Gasteiger partial charge on any atom is 0.136 e. The van der Waals surface area contributed by atoms with E-state index in [1.54, 1.807) is 0 Å². The van der Waals surface area contributed by atoms with Crippen LogP contribution in [0.2, 0.25) is 0 Å². The fraction of sp³-hybridized carbons (Fsp3) is 0.500. The fourth-order valence-electron chi connectivity index (χ4n) is 3.30. The Morgan fingerprint density at radius 3 is 2.67 bits per heavy atom. The normalized spacial score (nSPS) is 19.0. The van der Waals surface area contributed by atoms with Gasteiger partial charge in [0.05, 0.1) is 0 Å². The molecule has 2 aromatic rings. The Morgan fingerprint density at radius 2 is 1.90 bits per heavy atom. The number of aryl methyl sites for hydroxylation is 1. The van der Waals surface area contributed by atoms with E-state index in [4.69, 9.17) is 4.98 Å². The maximum atomic E-state index is 4.86. The molecule has 21 heavy (non-hydrogen) atoms. The molecule has 3 heteroatoms. The van der Waals surface area contributed by atoms with Crippen molar-refractivity contribution in [2.45, 2.75) is 45.1 Å². The van der Waals surface area contributed by atoms with Crippen molar-refractivity contribution in [3.63, 3.8) is 0 Å². The monoisotopic (exact) mass is 281 g/mol. The van der Waals surface area contributed by atoms with Gasteiger partial charge in [-0.2, -0.15) is 0 Å². The molecule has 110 valence electrons. The SMILES string of the molecule is Cc1cc2c(NC3CC3)cccc2c(N2CCCCC2)n1. The summed E-state index contributed by atoms with van der Waals surface area (Å²) in [5.74, 6) is 1.18. The molecule has 1 saturated heterocycles. The van der Waals surface area contributed by atoms with Gasteiger partial charge in [0, 0.05) is 41.3 Å². The summed E-state index contributed by atoms with van der Waals surface area (Å²) in [6, 6.07) is 9.51. The standard InChI is InChI=1S/C18H23N3/c1-13-12-16-15(6-5-7-17(16)20-14-8-9-14)18(19-13)21-10-3-2-4-11-21/h5-7,12,14,20H,2-4,8-11H2,1H3. The van der Waals surface area contributed by atoms with Gasteiger partial charge in [-0.05, 0) is 51.2 Å². The second-order valence-electron chi connectivity index (χ2n) is 6.45. The summed E-state index contributed by atoms with van der Waals surface area (Å²) in [6.45, 7) is 4.40. The average molecular weight is 281 g/mol. The lowest BCUT2D eigenvalue weighted by Gasteiger charge is -2.29. The van der Waals surface area contributed by atoms with Gasteiger partial charge in [-0.25, -0.2) is 4.98 Å². The summed E-state index contributed by atoms with van der Waals surface area (Å²) in [4.78, 5) is 7.33. The Hall–Kier alpha value is -1.77. The van der Waals surface area contributed by atoms with Crippen LogP contribution in [0.4, 0.5) is 11.5 Å². The summed E-state index contributed by atoms with van der Waals surface area (Å²) in [7, 11) is 0. The van der Waals surface area contributed by atoms with E-state index in [1.165, 1.54) is 54.4 Å². The number of benzene rings is 1. The van der Waals surface area contributed by atoms with Crippen LogP contribution < -0.4 is 10.2 Å². The van der Waals surface area contributed by atoms with Crippen LogP contribution in [0.15, 0.2) is 24.3 Å². The molecule has 0 spiro atoms. The van der Waals surface area contributed by atoms with Crippen molar-refractivity contribution < 1.29 is 0 Å². The minimum Gasteiger partial charge on any atom is -0.382 e. The van der Waals surface area contributed by atoms with E-state index in [0.717, 1.165) is 18.8 Å². The smallest absolute Gasteiger partial charge is 0.136 e. The Balaban J connectivity index is 1.81. The number of nitrogens with one attached hydrogen (secondary N) is 1. The molecule has 0 atom stereocenters. The summed E-state index contributed by atoms with van der Waals surface area (Å²) < 4.78 is 0. The van der Waals surface area contributed by atoms with Gasteiger partial charge in [-0.15, -0.1) is 0 Å². The van der Waals surface area contributed by atoms with E-state index in [-0.39, 0.29) is 0 Å². The molecule has 1 N–H and O–H groups in total. The van der Waals surface area contributed by atoms with Gasteiger partial charge in [-0.3, -0.25) is 0 Å². The lowest BCUT2D eigenvalue weighted by molar-refractivity contribution is 0.574. The van der Waals surface area contributed by atoms with Crippen LogP contribution in [0.25, 0.3) is 10.8 Å². The molecule has 0 amide bonds. The van der Waals surface area contributed by atoms with Gasteiger partial charge in [0.2, 0.25) is 0 Å². The van der Waals surface area contributed by atoms with Crippen LogP contribution in [0.1, 0.15) is 37.8 Å². The Labute approximate surface area is 126 Å². The predicted octanol–water partition coefficient (Wildman–Crippen LogP) is 4.11. The van der Waals surface area contributed by atoms with E-state index in [2.05, 4.69) is 41.4 Å². The summed E-state index contributed by atoms with van der Waals surface area (Å²) in [5, 5.41) is 6.30. The topological polar surface area (TPSA) is 28.2 Å². The van der Waals surface area contributed by atoms with Crippen molar-refractivity contribution in [1.82, 2.24) is 4.98 Å². The Kier molecular flexibility index (Phi) is 3.21. The number of anilines is 2. The first-order chi connectivity index (χ1) is 10.3. The van der Waals surface area contributed by atoms with E-state index in [1.807, 2.05) is 0 Å². The van der Waals surface area contributed by atoms with Gasteiger partial charge in [-0.1, -0.05) is 12.1 Å². The maximum absolute atomic E-state index is 4.86. The summed E-state index contributed by atoms with van der Waals surface area (Å²) in [6.07, 6.45) is 6.54. The molecule has 0 radical (unpaired) electrons. The highest BCUT2D eigenvalue weighted by molar-refractivity contribution is 6.00. The van der Waals surface area contributed by atoms with Crippen molar-refractivity contribution in [3.8, 4) is 0 Å². The van der Waals surface area contributed by atoms with E-state index >= 15 is 0 Å². The number of hydrogen-bond donors (Lipinski definition) is 1. The third kappa shape index (κ3) is 2.57. The van der Waals surface area contributed by atoms with Crippen LogP contribution in [-0.4, -0.2) is 24.1 Å². The zero-order chi connectivity index (χ0) is 14.2. The number of pyridine rings is 1. The molecule has 1 saturated carbocycles. The molecule has 2 fully saturated rings. The Morgan fingerprint density at radius 1 is 1.10 bits per heavy atom. The summed E-state index contributed by atoms with van der Waals surface area (Å²) >= 11 is 0. The lowest BCUT2D eigenvalue weighted by Crippen LogP contribution is -2.30. The van der Waals surface area contributed by atoms with Gasteiger partial charge in [0.1, 0.15) is 5.82 Å². The van der Waals surface area contributed by atoms with Gasteiger partial charge in [0.25, 0.3) is 0 Å². The van der Waals surface area contributed by atoms with Crippen LogP contribution in [0.3, 0.4) is 0 Å². The van der Waals surface area contributed by atoms with Crippen molar-refractivity contribution in [3.05, 3.63) is 30.0 Å². The first kappa shape index (κ1) is 12.9. The first-order valence-corrected chi connectivity index (χ1v) is 8.23. The molecule has 4 rings (SSSR count). The van der Waals surface area contributed by atoms with E-state index in [0.29, 0.717) is 6.04 Å². The molecular formula is C18H23N3. The van der Waals surface area contributed by atoms with Crippen LogP contribution in [0, 0.1) is 6.92 Å². The van der Waals surface area contributed by atoms with Crippen LogP contribution in [0.5, 0.6) is 0 Å². The molecular weight excluding hydrogens is 258 g/mol. The number of rotatable bonds is 3. The van der Waals surface area contributed by atoms with Crippen LogP contribution in [-0.2, 0) is 0 Å². The van der Waals surface area contributed by atoms with Gasteiger partial charge >= 0.3 is 0 Å². The number of fused-ring (bicyclic) bond motifs is 1. The first-order valence-electron chi connectivity index (χ1n) is 8.23. The van der Waals surface area contributed by atoms with Crippen molar-refractivity contribution >= 4 is 22.3 Å². The van der Waals surface area contributed by atoms with Crippen molar-refractivity contribution in [1.29, 1.82) is 0 Å². The molecule has 1 aromatic heterocycles. The number of hydrogen-bond acceptors (Lipinski definition) is 3. The van der Waals surface area contributed by atoms with E-state index in [9.17, 15) is 0 Å². The molecule has 3 nitrogen and oxygen atoms in total. The highest BCUT2D eigenvalue weighted by atomic mass is 15.2. The minimum atomic E-state index is 0.683. The largest absolute Gasteiger partial charge is 0.382 e. The van der Waals surface area contributed by atoms with E-state index < -0.39 is 0 Å². The summed E-state index contributed by atoms with van der Waals surface area (Å²) in [5.41, 5.74) is 2.40. The highest BCUT2D eigenvalue weighted by Crippen LogP contribution is 2.34. The second-order valence-corrected chi connectivity index (χ2v) is 6.45. The lowest BCUT2D eigenvalue weighted by atomic mass is 10.1. The minimum absolute atomic E-state index is 0.683. The number of nitrogens with zero attached hydrogens (tertiary/aromatic N) is 2. The molecule has 1 aromatic carbocycles. The van der Waals surface area contributed by atoms with Crippen LogP contribution >= 0.6 is 0 Å². The number of piperidine rings is 1. The second kappa shape index (κ2) is 5.21. The molecule has 1 aliphatic carbocycles. The third-order valence-electron chi connectivity index (χ3n) is 4.58. The quantitative estimate of drug-likeness (QED) is 0.917. The molecule has 2 heterocycles.